The monoisotopic (exact) mass is 376 g/mol. The van der Waals surface area contributed by atoms with Crippen molar-refractivity contribution in [2.24, 2.45) is 0 Å². The molecule has 1 atom stereocenters. The summed E-state index contributed by atoms with van der Waals surface area (Å²) in [6.07, 6.45) is 4.70. The quantitative estimate of drug-likeness (QED) is 0.827. The molecule has 6 heteroatoms. The summed E-state index contributed by atoms with van der Waals surface area (Å²) in [4.78, 5) is 14.9. The van der Waals surface area contributed by atoms with Gasteiger partial charge in [0, 0.05) is 13.1 Å². The first-order valence-corrected chi connectivity index (χ1v) is 9.84. The molecule has 3 rings (SSSR count). The number of carbonyl (C=O) groups is 1. The molecule has 150 valence electrons. The first-order chi connectivity index (χ1) is 13.0. The van der Waals surface area contributed by atoms with E-state index < -0.39 is 0 Å². The van der Waals surface area contributed by atoms with Crippen LogP contribution in [0.25, 0.3) is 0 Å². The lowest BCUT2D eigenvalue weighted by atomic mass is 9.99. The Morgan fingerprint density at radius 2 is 1.93 bits per heavy atom. The van der Waals surface area contributed by atoms with Gasteiger partial charge in [-0.25, -0.2) is 0 Å². The highest BCUT2D eigenvalue weighted by Crippen LogP contribution is 2.36. The summed E-state index contributed by atoms with van der Waals surface area (Å²) < 4.78 is 16.8. The summed E-state index contributed by atoms with van der Waals surface area (Å²) in [5.74, 6) is 1.43. The molecule has 0 bridgehead atoms. The molecule has 27 heavy (non-hydrogen) atoms. The zero-order valence-electron chi connectivity index (χ0n) is 17.0. The molecule has 0 aromatic heterocycles. The molecular weight excluding hydrogens is 344 g/mol. The molecule has 1 unspecified atom stereocenters. The third-order valence-corrected chi connectivity index (χ3v) is 5.83. The zero-order chi connectivity index (χ0) is 19.4. The topological polar surface area (TPSA) is 60.0 Å². The Hall–Kier alpha value is -1.79. The van der Waals surface area contributed by atoms with Gasteiger partial charge >= 0.3 is 0 Å². The predicted molar refractivity (Wildman–Crippen MR) is 104 cm³/mol. The van der Waals surface area contributed by atoms with Crippen molar-refractivity contribution in [1.82, 2.24) is 10.2 Å². The van der Waals surface area contributed by atoms with E-state index in [1.165, 1.54) is 12.8 Å². The maximum atomic E-state index is 12.6. The first-order valence-electron chi connectivity index (χ1n) is 9.84. The van der Waals surface area contributed by atoms with Crippen LogP contribution in [-0.4, -0.2) is 56.9 Å². The van der Waals surface area contributed by atoms with Crippen LogP contribution in [0, 0.1) is 6.92 Å². The zero-order valence-corrected chi connectivity index (χ0v) is 17.0. The summed E-state index contributed by atoms with van der Waals surface area (Å²) in [6, 6.07) is 3.79. The smallest absolute Gasteiger partial charge is 0.234 e. The number of ether oxygens (including phenoxy) is 3. The molecule has 1 aliphatic heterocycles. The highest BCUT2D eigenvalue weighted by molar-refractivity contribution is 5.78. The van der Waals surface area contributed by atoms with Crippen LogP contribution in [0.2, 0.25) is 0 Å². The molecule has 2 fully saturated rings. The molecule has 1 aliphatic carbocycles. The third kappa shape index (κ3) is 4.55. The van der Waals surface area contributed by atoms with Gasteiger partial charge in [-0.15, -0.1) is 0 Å². The SMILES string of the molecule is COc1cc(C)c(C(C)NC(=O)CN2CCOC3(CCCC3)C2)cc1OC. The fraction of sp³-hybridized carbons (Fsp3) is 0.667. The second kappa shape index (κ2) is 8.48. The molecule has 1 aromatic carbocycles. The normalized spacial score (nSPS) is 20.4. The van der Waals surface area contributed by atoms with Crippen molar-refractivity contribution in [1.29, 1.82) is 0 Å². The van der Waals surface area contributed by atoms with Crippen LogP contribution in [0.15, 0.2) is 12.1 Å². The number of nitrogens with one attached hydrogen (secondary N) is 1. The Labute approximate surface area is 162 Å². The number of hydrogen-bond donors (Lipinski definition) is 1. The Balaban J connectivity index is 1.60. The standard InChI is InChI=1S/C21H32N2O4/c1-15-11-18(25-3)19(26-4)12-17(15)16(2)22-20(24)13-23-9-10-27-21(14-23)7-5-6-8-21/h11-12,16H,5-10,13-14H2,1-4H3,(H,22,24). The van der Waals surface area contributed by atoms with Crippen molar-refractivity contribution in [2.75, 3.05) is 40.5 Å². The number of methoxy groups -OCH3 is 2. The number of rotatable bonds is 6. The van der Waals surface area contributed by atoms with E-state index in [4.69, 9.17) is 14.2 Å². The van der Waals surface area contributed by atoms with E-state index in [1.54, 1.807) is 14.2 Å². The van der Waals surface area contributed by atoms with Gasteiger partial charge in [-0.05, 0) is 49.9 Å². The minimum absolute atomic E-state index is 0.00984. The highest BCUT2D eigenvalue weighted by Gasteiger charge is 2.39. The molecule has 2 aliphatic rings. The van der Waals surface area contributed by atoms with Gasteiger partial charge < -0.3 is 19.5 Å². The van der Waals surface area contributed by atoms with E-state index in [2.05, 4.69) is 10.2 Å². The lowest BCUT2D eigenvalue weighted by Crippen LogP contribution is -2.52. The van der Waals surface area contributed by atoms with E-state index in [1.807, 2.05) is 26.0 Å². The Bertz CT molecular complexity index is 670. The molecule has 0 radical (unpaired) electrons. The van der Waals surface area contributed by atoms with Gasteiger partial charge in [0.05, 0.1) is 39.0 Å². The van der Waals surface area contributed by atoms with E-state index in [0.717, 1.165) is 43.7 Å². The van der Waals surface area contributed by atoms with Crippen LogP contribution in [-0.2, 0) is 9.53 Å². The van der Waals surface area contributed by atoms with E-state index in [9.17, 15) is 4.79 Å². The molecule has 1 amide bonds. The number of benzene rings is 1. The largest absolute Gasteiger partial charge is 0.493 e. The average molecular weight is 376 g/mol. The molecule has 1 N–H and O–H groups in total. The molecule has 1 aromatic rings. The number of amides is 1. The third-order valence-electron chi connectivity index (χ3n) is 5.83. The van der Waals surface area contributed by atoms with Crippen molar-refractivity contribution in [3.8, 4) is 11.5 Å². The van der Waals surface area contributed by atoms with Crippen LogP contribution in [0.1, 0.15) is 49.8 Å². The second-order valence-corrected chi connectivity index (χ2v) is 7.80. The Morgan fingerprint density at radius 3 is 2.59 bits per heavy atom. The number of carbonyl (C=O) groups excluding carboxylic acids is 1. The molecule has 1 heterocycles. The lowest BCUT2D eigenvalue weighted by molar-refractivity contribution is -0.130. The van der Waals surface area contributed by atoms with Gasteiger partial charge in [0.2, 0.25) is 5.91 Å². The highest BCUT2D eigenvalue weighted by atomic mass is 16.5. The molecule has 6 nitrogen and oxygen atoms in total. The average Bonchev–Trinajstić information content (AvgIpc) is 3.08. The van der Waals surface area contributed by atoms with E-state index in [-0.39, 0.29) is 17.6 Å². The summed E-state index contributed by atoms with van der Waals surface area (Å²) in [6.45, 7) is 6.85. The predicted octanol–water partition coefficient (Wildman–Crippen LogP) is 2.83. The van der Waals surface area contributed by atoms with Crippen molar-refractivity contribution in [3.63, 3.8) is 0 Å². The minimum Gasteiger partial charge on any atom is -0.493 e. The van der Waals surface area contributed by atoms with Crippen LogP contribution in [0.4, 0.5) is 0 Å². The van der Waals surface area contributed by atoms with Gasteiger partial charge in [-0.3, -0.25) is 9.69 Å². The maximum Gasteiger partial charge on any atom is 0.234 e. The van der Waals surface area contributed by atoms with Crippen molar-refractivity contribution < 1.29 is 19.0 Å². The van der Waals surface area contributed by atoms with Crippen LogP contribution < -0.4 is 14.8 Å². The van der Waals surface area contributed by atoms with E-state index in [0.29, 0.717) is 18.0 Å². The van der Waals surface area contributed by atoms with Crippen molar-refractivity contribution in [2.45, 2.75) is 51.2 Å². The van der Waals surface area contributed by atoms with Crippen LogP contribution in [0.3, 0.4) is 0 Å². The minimum atomic E-state index is -0.0983. The Kier molecular flexibility index (Phi) is 6.27. The number of aryl methyl sites for hydroxylation is 1. The fourth-order valence-corrected chi connectivity index (χ4v) is 4.41. The van der Waals surface area contributed by atoms with Gasteiger partial charge in [0.15, 0.2) is 11.5 Å². The summed E-state index contributed by atoms with van der Waals surface area (Å²) in [5, 5.41) is 3.13. The number of hydrogen-bond acceptors (Lipinski definition) is 5. The molecule has 1 spiro atoms. The molecule has 1 saturated heterocycles. The summed E-state index contributed by atoms with van der Waals surface area (Å²) >= 11 is 0. The van der Waals surface area contributed by atoms with Gasteiger partial charge in [0.1, 0.15) is 0 Å². The maximum absolute atomic E-state index is 12.6. The van der Waals surface area contributed by atoms with Crippen LogP contribution >= 0.6 is 0 Å². The fourth-order valence-electron chi connectivity index (χ4n) is 4.41. The van der Waals surface area contributed by atoms with Crippen LogP contribution in [0.5, 0.6) is 11.5 Å². The van der Waals surface area contributed by atoms with Gasteiger partial charge in [0.25, 0.3) is 0 Å². The summed E-state index contributed by atoms with van der Waals surface area (Å²) in [5.41, 5.74) is 2.09. The number of nitrogens with zero attached hydrogens (tertiary/aromatic N) is 1. The van der Waals surface area contributed by atoms with Gasteiger partial charge in [-0.2, -0.15) is 0 Å². The Morgan fingerprint density at radius 1 is 1.26 bits per heavy atom. The first kappa shape index (κ1) is 20.0. The second-order valence-electron chi connectivity index (χ2n) is 7.80. The number of morpholine rings is 1. The van der Waals surface area contributed by atoms with Crippen molar-refractivity contribution >= 4 is 5.91 Å². The van der Waals surface area contributed by atoms with Crippen molar-refractivity contribution in [3.05, 3.63) is 23.3 Å². The summed E-state index contributed by atoms with van der Waals surface area (Å²) in [7, 11) is 3.25. The molecule has 1 saturated carbocycles. The lowest BCUT2D eigenvalue weighted by Gasteiger charge is -2.40. The molecular formula is C21H32N2O4. The van der Waals surface area contributed by atoms with E-state index >= 15 is 0 Å². The van der Waals surface area contributed by atoms with Gasteiger partial charge in [-0.1, -0.05) is 12.8 Å².